The monoisotopic (exact) mass is 219 g/mol. The van der Waals surface area contributed by atoms with Crippen molar-refractivity contribution < 1.29 is 0 Å². The molecule has 2 aromatic rings. The van der Waals surface area contributed by atoms with Crippen LogP contribution in [0, 0.1) is 0 Å². The molecule has 0 atom stereocenters. The molecule has 2 rings (SSSR count). The molecule has 0 radical (unpaired) electrons. The van der Waals surface area contributed by atoms with Gasteiger partial charge in [0.2, 0.25) is 0 Å². The van der Waals surface area contributed by atoms with Crippen molar-refractivity contribution in [3.63, 3.8) is 0 Å². The zero-order valence-corrected chi connectivity index (χ0v) is 10.8. The number of pyridine rings is 1. The molecule has 88 valence electrons. The zero-order valence-electron chi connectivity index (χ0n) is 10.8. The van der Waals surface area contributed by atoms with Gasteiger partial charge >= 0.3 is 0 Å². The smallest absolute Gasteiger partial charge is 0.258 e. The average Bonchev–Trinajstić information content (AvgIpc) is 2.39. The van der Waals surface area contributed by atoms with E-state index in [0.29, 0.717) is 0 Å². The summed E-state index contributed by atoms with van der Waals surface area (Å²) in [6, 6.07) is 9.54. The van der Waals surface area contributed by atoms with Crippen LogP contribution in [0.4, 0.5) is 0 Å². The van der Waals surface area contributed by atoms with E-state index in [1.54, 1.807) is 17.8 Å². The van der Waals surface area contributed by atoms with Crippen molar-refractivity contribution in [2.24, 2.45) is 7.05 Å². The zero-order chi connectivity index (χ0) is 12.6. The van der Waals surface area contributed by atoms with E-state index in [4.69, 9.17) is 0 Å². The van der Waals surface area contributed by atoms with Crippen LogP contribution in [-0.4, -0.2) is 4.57 Å². The Kier molecular flexibility index (Phi) is 6.93. The minimum Gasteiger partial charge on any atom is -0.318 e. The van der Waals surface area contributed by atoms with Gasteiger partial charge in [0, 0.05) is 18.6 Å². The van der Waals surface area contributed by atoms with Crippen molar-refractivity contribution in [2.45, 2.75) is 27.7 Å². The molecule has 0 aliphatic heterocycles. The van der Waals surface area contributed by atoms with Gasteiger partial charge in [0.1, 0.15) is 0 Å². The Morgan fingerprint density at radius 2 is 1.50 bits per heavy atom. The highest BCUT2D eigenvalue weighted by Crippen LogP contribution is 2.06. The lowest BCUT2D eigenvalue weighted by Crippen LogP contribution is -2.15. The molecule has 0 N–H and O–H groups in total. The third-order valence-electron chi connectivity index (χ3n) is 1.99. The molecule has 0 saturated carbocycles. The Labute approximate surface area is 97.5 Å². The van der Waals surface area contributed by atoms with Crippen LogP contribution in [0.5, 0.6) is 0 Å². The van der Waals surface area contributed by atoms with Crippen molar-refractivity contribution in [2.75, 3.05) is 0 Å². The summed E-state index contributed by atoms with van der Waals surface area (Å²) in [6.07, 6.45) is 1.78. The molecule has 0 spiro atoms. The Morgan fingerprint density at radius 3 is 2.12 bits per heavy atom. The van der Waals surface area contributed by atoms with Crippen LogP contribution in [0.1, 0.15) is 27.7 Å². The maximum absolute atomic E-state index is 11.5. The molecule has 0 aliphatic rings. The first-order valence-electron chi connectivity index (χ1n) is 5.83. The SMILES string of the molecule is CC.CC.Cn1ccc2ccccc2c1=O. The average molecular weight is 219 g/mol. The highest BCUT2D eigenvalue weighted by atomic mass is 16.1. The van der Waals surface area contributed by atoms with Gasteiger partial charge in [0.15, 0.2) is 0 Å². The highest BCUT2D eigenvalue weighted by molar-refractivity contribution is 5.81. The number of fused-ring (bicyclic) bond motifs is 1. The minimum atomic E-state index is 0.0631. The lowest BCUT2D eigenvalue weighted by atomic mass is 10.2. The summed E-state index contributed by atoms with van der Waals surface area (Å²) in [5.41, 5.74) is 0.0631. The number of rotatable bonds is 0. The van der Waals surface area contributed by atoms with Gasteiger partial charge in [0.25, 0.3) is 5.56 Å². The largest absolute Gasteiger partial charge is 0.318 e. The lowest BCUT2D eigenvalue weighted by molar-refractivity contribution is 0.873. The fourth-order valence-corrected chi connectivity index (χ4v) is 1.29. The fraction of sp³-hybridized carbons (Fsp3) is 0.357. The van der Waals surface area contributed by atoms with E-state index < -0.39 is 0 Å². The number of benzene rings is 1. The molecule has 2 nitrogen and oxygen atoms in total. The van der Waals surface area contributed by atoms with Gasteiger partial charge in [-0.3, -0.25) is 4.79 Å². The van der Waals surface area contributed by atoms with Gasteiger partial charge in [0.05, 0.1) is 0 Å². The van der Waals surface area contributed by atoms with Crippen LogP contribution < -0.4 is 5.56 Å². The Morgan fingerprint density at radius 1 is 0.938 bits per heavy atom. The van der Waals surface area contributed by atoms with Gasteiger partial charge in [-0.1, -0.05) is 45.9 Å². The molecule has 0 aliphatic carbocycles. The first-order chi connectivity index (χ1) is 7.79. The number of hydrogen-bond donors (Lipinski definition) is 0. The molecule has 0 bridgehead atoms. The van der Waals surface area contributed by atoms with E-state index in [1.807, 2.05) is 58.0 Å². The molecule has 16 heavy (non-hydrogen) atoms. The van der Waals surface area contributed by atoms with E-state index >= 15 is 0 Å². The number of aryl methyl sites for hydroxylation is 1. The Hall–Kier alpha value is -1.57. The minimum absolute atomic E-state index is 0.0631. The van der Waals surface area contributed by atoms with Gasteiger partial charge in [-0.15, -0.1) is 0 Å². The second kappa shape index (κ2) is 7.69. The maximum atomic E-state index is 11.5. The van der Waals surface area contributed by atoms with Crippen LogP contribution in [0.15, 0.2) is 41.3 Å². The normalized spacial score (nSPS) is 8.56. The lowest BCUT2D eigenvalue weighted by Gasteiger charge is -1.98. The second-order valence-electron chi connectivity index (χ2n) is 2.82. The highest BCUT2D eigenvalue weighted by Gasteiger charge is 1.96. The van der Waals surface area contributed by atoms with Crippen molar-refractivity contribution >= 4 is 10.8 Å². The van der Waals surface area contributed by atoms with Crippen LogP contribution in [0.3, 0.4) is 0 Å². The summed E-state index contributed by atoms with van der Waals surface area (Å²) in [5.74, 6) is 0. The molecule has 2 heteroatoms. The molecule has 1 heterocycles. The molecule has 0 amide bonds. The maximum Gasteiger partial charge on any atom is 0.258 e. The Balaban J connectivity index is 0.000000509. The summed E-state index contributed by atoms with van der Waals surface area (Å²) >= 11 is 0. The van der Waals surface area contributed by atoms with Crippen LogP contribution in [-0.2, 0) is 7.05 Å². The van der Waals surface area contributed by atoms with Crippen LogP contribution in [0.25, 0.3) is 10.8 Å². The standard InChI is InChI=1S/C10H9NO.2C2H6/c1-11-7-6-8-4-2-3-5-9(8)10(11)12;2*1-2/h2-7H,1H3;2*1-2H3. The molecular weight excluding hydrogens is 198 g/mol. The van der Waals surface area contributed by atoms with E-state index in [-0.39, 0.29) is 5.56 Å². The van der Waals surface area contributed by atoms with Crippen molar-refractivity contribution in [3.05, 3.63) is 46.9 Å². The quantitative estimate of drug-likeness (QED) is 0.663. The van der Waals surface area contributed by atoms with E-state index in [9.17, 15) is 4.79 Å². The van der Waals surface area contributed by atoms with Crippen LogP contribution in [0.2, 0.25) is 0 Å². The second-order valence-corrected chi connectivity index (χ2v) is 2.82. The number of hydrogen-bond acceptors (Lipinski definition) is 1. The fourth-order valence-electron chi connectivity index (χ4n) is 1.29. The molecule has 0 unspecified atom stereocenters. The summed E-state index contributed by atoms with van der Waals surface area (Å²) in [7, 11) is 1.76. The summed E-state index contributed by atoms with van der Waals surface area (Å²) in [6.45, 7) is 8.00. The number of aromatic nitrogens is 1. The first kappa shape index (κ1) is 14.4. The number of nitrogens with zero attached hydrogens (tertiary/aromatic N) is 1. The molecule has 1 aromatic carbocycles. The first-order valence-corrected chi connectivity index (χ1v) is 5.83. The van der Waals surface area contributed by atoms with Gasteiger partial charge < -0.3 is 4.57 Å². The third kappa shape index (κ3) is 3.23. The van der Waals surface area contributed by atoms with E-state index in [2.05, 4.69) is 0 Å². The predicted octanol–water partition coefficient (Wildman–Crippen LogP) is 3.59. The molecule has 0 fully saturated rings. The van der Waals surface area contributed by atoms with Crippen molar-refractivity contribution in [3.8, 4) is 0 Å². The van der Waals surface area contributed by atoms with Crippen molar-refractivity contribution in [1.29, 1.82) is 0 Å². The molecule has 0 saturated heterocycles. The predicted molar refractivity (Wildman–Crippen MR) is 71.9 cm³/mol. The van der Waals surface area contributed by atoms with Crippen molar-refractivity contribution in [1.82, 2.24) is 4.57 Å². The van der Waals surface area contributed by atoms with E-state index in [1.165, 1.54) is 0 Å². The Bertz CT molecular complexity index is 471. The van der Waals surface area contributed by atoms with Gasteiger partial charge in [-0.05, 0) is 17.5 Å². The molecule has 1 aromatic heterocycles. The van der Waals surface area contributed by atoms with Gasteiger partial charge in [-0.25, -0.2) is 0 Å². The molecular formula is C14H21NO. The summed E-state index contributed by atoms with van der Waals surface area (Å²) in [5, 5.41) is 1.78. The van der Waals surface area contributed by atoms with E-state index in [0.717, 1.165) is 10.8 Å². The van der Waals surface area contributed by atoms with Gasteiger partial charge in [-0.2, -0.15) is 0 Å². The summed E-state index contributed by atoms with van der Waals surface area (Å²) < 4.78 is 1.59. The third-order valence-corrected chi connectivity index (χ3v) is 1.99. The van der Waals surface area contributed by atoms with Crippen LogP contribution >= 0.6 is 0 Å². The topological polar surface area (TPSA) is 22.0 Å². The summed E-state index contributed by atoms with van der Waals surface area (Å²) in [4.78, 5) is 11.5.